The van der Waals surface area contributed by atoms with E-state index >= 15 is 0 Å². The third-order valence-electron chi connectivity index (χ3n) is 1.68. The van der Waals surface area contributed by atoms with Crippen molar-refractivity contribution in [2.24, 2.45) is 0 Å². The molecule has 82 valence electrons. The van der Waals surface area contributed by atoms with Gasteiger partial charge in [0.05, 0.1) is 5.33 Å². The first-order valence-electron chi connectivity index (χ1n) is 4.34. The van der Waals surface area contributed by atoms with Crippen molar-refractivity contribution >= 4 is 15.9 Å². The molecule has 0 fully saturated rings. The third-order valence-corrected chi connectivity index (χ3v) is 2.21. The van der Waals surface area contributed by atoms with E-state index in [9.17, 15) is 0 Å². The molecule has 0 radical (unpaired) electrons. The van der Waals surface area contributed by atoms with E-state index in [1.54, 1.807) is 0 Å². The number of allylic oxidation sites excluding steroid dienone is 6. The van der Waals surface area contributed by atoms with Gasteiger partial charge in [-0.25, -0.2) is 12.1 Å². The van der Waals surface area contributed by atoms with Crippen molar-refractivity contribution in [1.82, 2.24) is 0 Å². The van der Waals surface area contributed by atoms with Gasteiger partial charge in [-0.2, -0.15) is 18.2 Å². The van der Waals surface area contributed by atoms with Gasteiger partial charge in [0.1, 0.15) is 5.76 Å². The van der Waals surface area contributed by atoms with E-state index in [-0.39, 0.29) is 17.1 Å². The van der Waals surface area contributed by atoms with Crippen LogP contribution in [-0.4, -0.2) is 10.4 Å². The van der Waals surface area contributed by atoms with E-state index in [2.05, 4.69) is 15.9 Å². The molecule has 1 aliphatic carbocycles. The van der Waals surface area contributed by atoms with Crippen molar-refractivity contribution in [1.29, 1.82) is 0 Å². The molecule has 0 aliphatic heterocycles. The Labute approximate surface area is 109 Å². The van der Waals surface area contributed by atoms with Gasteiger partial charge in [-0.15, -0.1) is 0 Å². The molecule has 15 heavy (non-hydrogen) atoms. The summed E-state index contributed by atoms with van der Waals surface area (Å²) in [5.74, 6) is 0.389. The molecule has 0 saturated carbocycles. The molecule has 1 aliphatic rings. The van der Waals surface area contributed by atoms with Crippen LogP contribution in [-0.2, 0) is 17.1 Å². The Morgan fingerprint density at radius 2 is 1.73 bits per heavy atom. The number of halogens is 1. The Balaban J connectivity index is 0.000000280. The molecule has 0 atom stereocenters. The number of aliphatic hydroxyl groups excluding tert-OH is 1. The van der Waals surface area contributed by atoms with Crippen LogP contribution < -0.4 is 0 Å². The fraction of sp³-hybridized carbons (Fsp3) is 0.0833. The van der Waals surface area contributed by atoms with E-state index in [1.165, 1.54) is 0 Å². The van der Waals surface area contributed by atoms with Crippen molar-refractivity contribution in [3.63, 3.8) is 0 Å². The average Bonchev–Trinajstić information content (AvgIpc) is 2.91. The Kier molecular flexibility index (Phi) is 8.30. The van der Waals surface area contributed by atoms with Crippen LogP contribution in [0.3, 0.4) is 0 Å². The molecule has 1 nitrogen and oxygen atoms in total. The van der Waals surface area contributed by atoms with Crippen molar-refractivity contribution in [2.75, 3.05) is 5.33 Å². The molecule has 2 rings (SSSR count). The quantitative estimate of drug-likeness (QED) is 0.363. The summed E-state index contributed by atoms with van der Waals surface area (Å²) in [6, 6.07) is 10.0. The molecule has 0 heterocycles. The van der Waals surface area contributed by atoms with Crippen LogP contribution in [0.15, 0.2) is 66.0 Å². The second kappa shape index (κ2) is 8.66. The van der Waals surface area contributed by atoms with Crippen LogP contribution in [0, 0.1) is 0 Å². The number of aliphatic hydroxyl groups is 1. The molecular formula is C12H12BrFeO-. The zero-order valence-electron chi connectivity index (χ0n) is 8.08. The Morgan fingerprint density at radius 1 is 1.20 bits per heavy atom. The van der Waals surface area contributed by atoms with Crippen molar-refractivity contribution in [2.45, 2.75) is 0 Å². The summed E-state index contributed by atoms with van der Waals surface area (Å²) in [7, 11) is 0. The van der Waals surface area contributed by atoms with E-state index in [1.807, 2.05) is 54.6 Å². The van der Waals surface area contributed by atoms with Gasteiger partial charge >= 0.3 is 0 Å². The second-order valence-corrected chi connectivity index (χ2v) is 3.28. The van der Waals surface area contributed by atoms with E-state index in [0.717, 1.165) is 5.57 Å². The number of hydrogen-bond donors (Lipinski definition) is 1. The summed E-state index contributed by atoms with van der Waals surface area (Å²) in [5.41, 5.74) is 0.895. The average molecular weight is 308 g/mol. The summed E-state index contributed by atoms with van der Waals surface area (Å²) in [4.78, 5) is 0. The summed E-state index contributed by atoms with van der Waals surface area (Å²) in [5, 5.41) is 9.61. The van der Waals surface area contributed by atoms with E-state index in [4.69, 9.17) is 5.11 Å². The van der Waals surface area contributed by atoms with Gasteiger partial charge in [0.2, 0.25) is 0 Å². The molecule has 1 N–H and O–H groups in total. The van der Waals surface area contributed by atoms with Crippen LogP contribution in [0.25, 0.3) is 0 Å². The summed E-state index contributed by atoms with van der Waals surface area (Å²) >= 11 is 3.15. The number of alkyl halides is 1. The number of hydrogen-bond acceptors (Lipinski definition) is 1. The van der Waals surface area contributed by atoms with Gasteiger partial charge in [-0.05, 0) is 0 Å². The predicted molar refractivity (Wildman–Crippen MR) is 63.8 cm³/mol. The van der Waals surface area contributed by atoms with Crippen molar-refractivity contribution in [3.05, 3.63) is 66.0 Å². The zero-order chi connectivity index (χ0) is 10.2. The van der Waals surface area contributed by atoms with Gasteiger partial charge in [-0.1, -0.05) is 40.2 Å². The molecule has 0 aromatic heterocycles. The van der Waals surface area contributed by atoms with Gasteiger partial charge in [0, 0.05) is 22.6 Å². The minimum Gasteiger partial charge on any atom is -0.511 e. The van der Waals surface area contributed by atoms with Crippen LogP contribution >= 0.6 is 15.9 Å². The summed E-state index contributed by atoms with van der Waals surface area (Å²) in [6.45, 7) is 0. The van der Waals surface area contributed by atoms with Crippen LogP contribution in [0.4, 0.5) is 0 Å². The Hall–Kier alpha value is -0.631. The maximum absolute atomic E-state index is 9.09. The first-order valence-corrected chi connectivity index (χ1v) is 5.46. The Bertz CT molecular complexity index is 305. The van der Waals surface area contributed by atoms with Gasteiger partial charge < -0.3 is 5.11 Å². The Morgan fingerprint density at radius 3 is 2.07 bits per heavy atom. The predicted octanol–water partition coefficient (Wildman–Crippen LogP) is 3.72. The van der Waals surface area contributed by atoms with Crippen LogP contribution in [0.2, 0.25) is 0 Å². The van der Waals surface area contributed by atoms with E-state index in [0.29, 0.717) is 11.1 Å². The van der Waals surface area contributed by atoms with Crippen LogP contribution in [0.5, 0.6) is 0 Å². The standard InChI is InChI=1S/C7H7BrO.C5H5.Fe/c8-5-7(9)6-3-1-2-4-6;1-2-4-5-3-1;/h1-4,9H,5H2;1-5H;/q;-1;. The second-order valence-electron chi connectivity index (χ2n) is 2.72. The maximum atomic E-state index is 9.09. The third kappa shape index (κ3) is 5.73. The van der Waals surface area contributed by atoms with Gasteiger partial charge in [0.15, 0.2) is 0 Å². The molecule has 0 spiro atoms. The molecule has 1 aromatic rings. The largest absolute Gasteiger partial charge is 0.511 e. The van der Waals surface area contributed by atoms with E-state index < -0.39 is 0 Å². The summed E-state index contributed by atoms with van der Waals surface area (Å²) < 4.78 is 0. The van der Waals surface area contributed by atoms with Gasteiger partial charge in [0.25, 0.3) is 0 Å². The topological polar surface area (TPSA) is 20.2 Å². The minimum atomic E-state index is 0. The molecule has 3 heteroatoms. The summed E-state index contributed by atoms with van der Waals surface area (Å²) in [6.07, 6.45) is 7.54. The van der Waals surface area contributed by atoms with Crippen molar-refractivity contribution < 1.29 is 22.2 Å². The molecular weight excluding hydrogens is 296 g/mol. The smallest absolute Gasteiger partial charge is 0.110 e. The van der Waals surface area contributed by atoms with Crippen molar-refractivity contribution in [3.8, 4) is 0 Å². The fourth-order valence-electron chi connectivity index (χ4n) is 0.964. The first kappa shape index (κ1) is 14.4. The fourth-order valence-corrected chi connectivity index (χ4v) is 1.29. The molecule has 0 bridgehead atoms. The van der Waals surface area contributed by atoms with Crippen LogP contribution in [0.1, 0.15) is 0 Å². The zero-order valence-corrected chi connectivity index (χ0v) is 10.8. The van der Waals surface area contributed by atoms with Gasteiger partial charge in [-0.3, -0.25) is 0 Å². The molecule has 0 amide bonds. The maximum Gasteiger partial charge on any atom is 0.110 e. The first-order chi connectivity index (χ1) is 6.84. The molecule has 1 aromatic carbocycles. The normalized spacial score (nSPS) is 11.7. The monoisotopic (exact) mass is 307 g/mol. The SMILES string of the molecule is OC(CBr)=C1C=CC=C1.[Fe].c1cc[cH-]c1. The molecule has 0 unspecified atom stereocenters. The molecule has 0 saturated heterocycles. The minimum absolute atomic E-state index is 0. The number of rotatable bonds is 1.